The molecule has 3 rings (SSSR count). The number of nitrogens with zero attached hydrogens (tertiary/aromatic N) is 2. The molecule has 23 heavy (non-hydrogen) atoms. The lowest BCUT2D eigenvalue weighted by molar-refractivity contribution is -0.116. The van der Waals surface area contributed by atoms with E-state index in [0.29, 0.717) is 16.6 Å². The fraction of sp³-hybridized carbons (Fsp3) is 0.0625. The normalized spacial score (nSPS) is 10.7. The Bertz CT molecular complexity index is 935. The van der Waals surface area contributed by atoms with E-state index in [0.717, 1.165) is 4.47 Å². The van der Waals surface area contributed by atoms with Gasteiger partial charge in [0.25, 0.3) is 5.56 Å². The average molecular weight is 374 g/mol. The Morgan fingerprint density at radius 2 is 1.96 bits per heavy atom. The Labute approximate surface area is 139 Å². The van der Waals surface area contributed by atoms with Crippen LogP contribution in [0.4, 0.5) is 5.69 Å². The van der Waals surface area contributed by atoms with Crippen LogP contribution in [0.2, 0.25) is 0 Å². The van der Waals surface area contributed by atoms with E-state index in [1.54, 1.807) is 30.3 Å². The second-order valence-corrected chi connectivity index (χ2v) is 5.85. The van der Waals surface area contributed by atoms with Gasteiger partial charge in [-0.3, -0.25) is 14.2 Å². The van der Waals surface area contributed by atoms with Crippen LogP contribution in [0.5, 0.6) is 5.75 Å². The van der Waals surface area contributed by atoms with Crippen LogP contribution in [-0.2, 0) is 11.3 Å². The summed E-state index contributed by atoms with van der Waals surface area (Å²) in [6.07, 6.45) is 1.36. The number of phenolic OH excluding ortho intramolecular Hbond substituents is 1. The first-order valence-corrected chi connectivity index (χ1v) is 7.56. The molecule has 7 heteroatoms. The number of nitrogens with one attached hydrogen (secondary N) is 1. The van der Waals surface area contributed by atoms with Gasteiger partial charge in [0.15, 0.2) is 0 Å². The molecule has 0 atom stereocenters. The molecule has 6 nitrogen and oxygen atoms in total. The van der Waals surface area contributed by atoms with Gasteiger partial charge in [-0.1, -0.05) is 15.9 Å². The van der Waals surface area contributed by atoms with Crippen molar-refractivity contribution >= 4 is 38.4 Å². The molecule has 0 fully saturated rings. The highest BCUT2D eigenvalue weighted by atomic mass is 79.9. The van der Waals surface area contributed by atoms with Crippen LogP contribution >= 0.6 is 15.9 Å². The van der Waals surface area contributed by atoms with Crippen molar-refractivity contribution in [3.05, 3.63) is 63.6 Å². The second-order valence-electron chi connectivity index (χ2n) is 4.93. The number of aromatic hydroxyl groups is 1. The molecule has 0 spiro atoms. The molecular formula is C16H12BrN3O3. The standard InChI is InChI=1S/C16H12BrN3O3/c17-10-1-6-14-13(7-10)16(23)20(9-18-14)8-15(22)19-11-2-4-12(21)5-3-11/h1-7,9,21H,8H2,(H,19,22). The number of carbonyl (C=O) groups excluding carboxylic acids is 1. The summed E-state index contributed by atoms with van der Waals surface area (Å²) in [7, 11) is 0. The van der Waals surface area contributed by atoms with E-state index in [2.05, 4.69) is 26.2 Å². The topological polar surface area (TPSA) is 84.2 Å². The van der Waals surface area contributed by atoms with Crippen LogP contribution < -0.4 is 10.9 Å². The molecule has 2 N–H and O–H groups in total. The van der Waals surface area contributed by atoms with Crippen LogP contribution in [0.1, 0.15) is 0 Å². The van der Waals surface area contributed by atoms with Gasteiger partial charge in [0, 0.05) is 10.2 Å². The summed E-state index contributed by atoms with van der Waals surface area (Å²) >= 11 is 3.32. The summed E-state index contributed by atoms with van der Waals surface area (Å²) in [4.78, 5) is 28.6. The number of rotatable bonds is 3. The Kier molecular flexibility index (Phi) is 4.12. The maximum absolute atomic E-state index is 12.4. The van der Waals surface area contributed by atoms with Crippen LogP contribution in [0.25, 0.3) is 10.9 Å². The number of hydrogen-bond donors (Lipinski definition) is 2. The van der Waals surface area contributed by atoms with Crippen molar-refractivity contribution in [2.24, 2.45) is 0 Å². The van der Waals surface area contributed by atoms with Gasteiger partial charge in [0.1, 0.15) is 12.3 Å². The van der Waals surface area contributed by atoms with Gasteiger partial charge < -0.3 is 10.4 Å². The lowest BCUT2D eigenvalue weighted by Crippen LogP contribution is -2.27. The predicted molar refractivity (Wildman–Crippen MR) is 90.4 cm³/mol. The lowest BCUT2D eigenvalue weighted by Gasteiger charge is -2.08. The van der Waals surface area contributed by atoms with Crippen LogP contribution in [0.3, 0.4) is 0 Å². The number of fused-ring (bicyclic) bond motifs is 1. The van der Waals surface area contributed by atoms with Gasteiger partial charge in [-0.2, -0.15) is 0 Å². The quantitative estimate of drug-likeness (QED) is 0.690. The summed E-state index contributed by atoms with van der Waals surface area (Å²) in [5.74, 6) is -0.238. The van der Waals surface area contributed by atoms with Crippen LogP contribution in [-0.4, -0.2) is 20.6 Å². The number of halogens is 1. The number of benzene rings is 2. The summed E-state index contributed by atoms with van der Waals surface area (Å²) < 4.78 is 2.03. The molecule has 0 aliphatic rings. The first-order chi connectivity index (χ1) is 11.0. The summed E-state index contributed by atoms with van der Waals surface area (Å²) in [6, 6.07) is 11.3. The number of aromatic nitrogens is 2. The third kappa shape index (κ3) is 3.40. The molecule has 116 valence electrons. The van der Waals surface area contributed by atoms with Gasteiger partial charge in [-0.05, 0) is 42.5 Å². The van der Waals surface area contributed by atoms with E-state index in [-0.39, 0.29) is 23.8 Å². The SMILES string of the molecule is O=C(Cn1cnc2ccc(Br)cc2c1=O)Nc1ccc(O)cc1. The van der Waals surface area contributed by atoms with E-state index in [4.69, 9.17) is 0 Å². The molecule has 1 aromatic heterocycles. The highest BCUT2D eigenvalue weighted by molar-refractivity contribution is 9.10. The molecule has 0 bridgehead atoms. The first-order valence-electron chi connectivity index (χ1n) is 6.76. The van der Waals surface area contributed by atoms with Crippen molar-refractivity contribution in [2.45, 2.75) is 6.54 Å². The molecule has 0 unspecified atom stereocenters. The number of hydrogen-bond acceptors (Lipinski definition) is 4. The Morgan fingerprint density at radius 3 is 2.70 bits per heavy atom. The Morgan fingerprint density at radius 1 is 1.22 bits per heavy atom. The molecule has 1 amide bonds. The number of amides is 1. The van der Waals surface area contributed by atoms with Gasteiger partial charge >= 0.3 is 0 Å². The maximum Gasteiger partial charge on any atom is 0.261 e. The molecule has 1 heterocycles. The van der Waals surface area contributed by atoms with E-state index in [1.165, 1.54) is 23.0 Å². The third-order valence-electron chi connectivity index (χ3n) is 3.25. The zero-order chi connectivity index (χ0) is 16.4. The van der Waals surface area contributed by atoms with Crippen molar-refractivity contribution < 1.29 is 9.90 Å². The monoisotopic (exact) mass is 373 g/mol. The van der Waals surface area contributed by atoms with E-state index >= 15 is 0 Å². The second kappa shape index (κ2) is 6.21. The number of phenols is 1. The van der Waals surface area contributed by atoms with E-state index < -0.39 is 0 Å². The lowest BCUT2D eigenvalue weighted by atomic mass is 10.2. The van der Waals surface area contributed by atoms with Crippen molar-refractivity contribution in [1.82, 2.24) is 9.55 Å². The average Bonchev–Trinajstić information content (AvgIpc) is 2.53. The summed E-state index contributed by atoms with van der Waals surface area (Å²) in [6.45, 7) is -0.144. The van der Waals surface area contributed by atoms with Gasteiger partial charge in [-0.25, -0.2) is 4.98 Å². The summed E-state index contributed by atoms with van der Waals surface area (Å²) in [5, 5.41) is 12.3. The zero-order valence-corrected chi connectivity index (χ0v) is 13.4. The maximum atomic E-state index is 12.4. The molecule has 0 saturated heterocycles. The minimum atomic E-state index is -0.353. The fourth-order valence-corrected chi connectivity index (χ4v) is 2.50. The van der Waals surface area contributed by atoms with Gasteiger partial charge in [0.05, 0.1) is 17.2 Å². The molecular weight excluding hydrogens is 362 g/mol. The highest BCUT2D eigenvalue weighted by Crippen LogP contribution is 2.15. The minimum absolute atomic E-state index is 0.114. The predicted octanol–water partition coefficient (Wildman–Crippen LogP) is 2.50. The van der Waals surface area contributed by atoms with Crippen molar-refractivity contribution in [3.63, 3.8) is 0 Å². The Balaban J connectivity index is 1.83. The smallest absolute Gasteiger partial charge is 0.261 e. The van der Waals surface area contributed by atoms with Crippen molar-refractivity contribution in [3.8, 4) is 5.75 Å². The minimum Gasteiger partial charge on any atom is -0.508 e. The van der Waals surface area contributed by atoms with E-state index in [9.17, 15) is 14.7 Å². The molecule has 0 aliphatic heterocycles. The van der Waals surface area contributed by atoms with Crippen LogP contribution in [0.15, 0.2) is 58.1 Å². The molecule has 3 aromatic rings. The zero-order valence-electron chi connectivity index (χ0n) is 11.9. The number of anilines is 1. The largest absolute Gasteiger partial charge is 0.508 e. The van der Waals surface area contributed by atoms with Gasteiger partial charge in [0.2, 0.25) is 5.91 Å². The molecule has 0 radical (unpaired) electrons. The third-order valence-corrected chi connectivity index (χ3v) is 3.74. The van der Waals surface area contributed by atoms with Crippen LogP contribution in [0, 0.1) is 0 Å². The molecule has 0 saturated carbocycles. The van der Waals surface area contributed by atoms with Crippen molar-refractivity contribution in [1.29, 1.82) is 0 Å². The molecule has 0 aliphatic carbocycles. The summed E-state index contributed by atoms with van der Waals surface area (Å²) in [5.41, 5.74) is 0.836. The van der Waals surface area contributed by atoms with Gasteiger partial charge in [-0.15, -0.1) is 0 Å². The Hall–Kier alpha value is -2.67. The van der Waals surface area contributed by atoms with E-state index in [1.807, 2.05) is 0 Å². The van der Waals surface area contributed by atoms with Crippen molar-refractivity contribution in [2.75, 3.05) is 5.32 Å². The fourth-order valence-electron chi connectivity index (χ4n) is 2.14. The first kappa shape index (κ1) is 15.2. The molecule has 2 aromatic carbocycles. The highest BCUT2D eigenvalue weighted by Gasteiger charge is 2.09. The number of carbonyl (C=O) groups is 1.